The first kappa shape index (κ1) is 21.9. The van der Waals surface area contributed by atoms with Crippen LogP contribution in [0.2, 0.25) is 5.02 Å². The highest BCUT2D eigenvalue weighted by molar-refractivity contribution is 7.89. The highest BCUT2D eigenvalue weighted by Crippen LogP contribution is 2.26. The van der Waals surface area contributed by atoms with Crippen LogP contribution >= 0.6 is 11.6 Å². The van der Waals surface area contributed by atoms with Crippen molar-refractivity contribution in [1.82, 2.24) is 14.0 Å². The highest BCUT2D eigenvalue weighted by Gasteiger charge is 2.26. The summed E-state index contributed by atoms with van der Waals surface area (Å²) >= 11 is 6.12. The van der Waals surface area contributed by atoms with E-state index in [1.807, 2.05) is 0 Å². The predicted octanol–water partition coefficient (Wildman–Crippen LogP) is 2.77. The van der Waals surface area contributed by atoms with Crippen molar-refractivity contribution in [3.8, 4) is 0 Å². The number of sulfonamides is 1. The molecule has 3 rings (SSSR count). The fraction of sp³-hybridized carbons (Fsp3) is 0.250. The van der Waals surface area contributed by atoms with Gasteiger partial charge in [0.15, 0.2) is 0 Å². The summed E-state index contributed by atoms with van der Waals surface area (Å²) in [5.74, 6) is -0.373. The molecule has 0 unspecified atom stereocenters. The molecule has 8 nitrogen and oxygen atoms in total. The van der Waals surface area contributed by atoms with Crippen molar-refractivity contribution >= 4 is 38.4 Å². The van der Waals surface area contributed by atoms with Crippen LogP contribution in [0.4, 0.5) is 0 Å². The van der Waals surface area contributed by atoms with Crippen molar-refractivity contribution in [2.75, 3.05) is 18.5 Å². The molecule has 2 aromatic carbocycles. The van der Waals surface area contributed by atoms with Crippen molar-refractivity contribution in [2.45, 2.75) is 25.7 Å². The Morgan fingerprint density at radius 2 is 1.83 bits per heavy atom. The molecule has 0 saturated carbocycles. The molecular formula is C20H21ClN4O4S. The fourth-order valence-corrected chi connectivity index (χ4v) is 5.04. The van der Waals surface area contributed by atoms with Gasteiger partial charge in [-0.05, 0) is 37.3 Å². The minimum Gasteiger partial charge on any atom is -0.267 e. The Hall–Kier alpha value is -2.75. The van der Waals surface area contributed by atoms with Gasteiger partial charge in [0.2, 0.25) is 10.0 Å². The van der Waals surface area contributed by atoms with E-state index in [1.54, 1.807) is 45.0 Å². The third-order valence-corrected chi connectivity index (χ3v) is 7.20. The molecule has 1 heterocycles. The quantitative estimate of drug-likeness (QED) is 0.624. The van der Waals surface area contributed by atoms with Crippen LogP contribution in [0.3, 0.4) is 0 Å². The second kappa shape index (κ2) is 8.55. The zero-order valence-electron chi connectivity index (χ0n) is 16.7. The summed E-state index contributed by atoms with van der Waals surface area (Å²) in [4.78, 5) is 29.7. The lowest BCUT2D eigenvalue weighted by molar-refractivity contribution is 0.101. The number of carbonyl (C=O) groups is 1. The Morgan fingerprint density at radius 3 is 2.50 bits per heavy atom. The second-order valence-corrected chi connectivity index (χ2v) is 8.81. The largest absolute Gasteiger partial charge is 0.280 e. The Morgan fingerprint density at radius 1 is 1.17 bits per heavy atom. The zero-order valence-corrected chi connectivity index (χ0v) is 18.3. The van der Waals surface area contributed by atoms with Gasteiger partial charge in [-0.25, -0.2) is 18.1 Å². The van der Waals surface area contributed by atoms with Gasteiger partial charge in [-0.3, -0.25) is 15.0 Å². The smallest absolute Gasteiger partial charge is 0.267 e. The van der Waals surface area contributed by atoms with Crippen molar-refractivity contribution in [3.63, 3.8) is 0 Å². The van der Waals surface area contributed by atoms with Crippen molar-refractivity contribution in [1.29, 1.82) is 0 Å². The molecule has 0 bridgehead atoms. The molecular weight excluding hydrogens is 428 g/mol. The average Bonchev–Trinajstić information content (AvgIpc) is 2.71. The standard InChI is InChI=1S/C20H21ClN4O4S/c1-4-24(5-2)30(28,29)18-12-14(10-11-16(18)21)19(26)23-25-13(3)22-17-9-7-6-8-15(17)20(25)27/h6-12H,4-5H2,1-3H3,(H,23,26). The number of amides is 1. The van der Waals surface area contributed by atoms with Crippen LogP contribution in [0.1, 0.15) is 30.0 Å². The van der Waals surface area contributed by atoms with E-state index in [-0.39, 0.29) is 34.4 Å². The van der Waals surface area contributed by atoms with Crippen LogP contribution in [-0.4, -0.2) is 41.4 Å². The van der Waals surface area contributed by atoms with Crippen LogP contribution in [0.15, 0.2) is 52.2 Å². The molecule has 0 saturated heterocycles. The van der Waals surface area contributed by atoms with Gasteiger partial charge in [-0.1, -0.05) is 37.6 Å². The summed E-state index contributed by atoms with van der Waals surface area (Å²) in [6, 6.07) is 10.7. The van der Waals surface area contributed by atoms with Crippen molar-refractivity contribution in [3.05, 3.63) is 69.2 Å². The lowest BCUT2D eigenvalue weighted by Gasteiger charge is -2.19. The number of carbonyl (C=O) groups excluding carboxylic acids is 1. The summed E-state index contributed by atoms with van der Waals surface area (Å²) in [5.41, 5.74) is 2.62. The summed E-state index contributed by atoms with van der Waals surface area (Å²) in [7, 11) is -3.87. The summed E-state index contributed by atoms with van der Waals surface area (Å²) in [6.45, 7) is 5.55. The molecule has 1 N–H and O–H groups in total. The van der Waals surface area contributed by atoms with Gasteiger partial charge in [0.25, 0.3) is 11.5 Å². The van der Waals surface area contributed by atoms with Crippen molar-refractivity contribution < 1.29 is 13.2 Å². The van der Waals surface area contributed by atoms with Crippen LogP contribution in [-0.2, 0) is 10.0 Å². The maximum Gasteiger partial charge on any atom is 0.280 e. The number of rotatable bonds is 6. The predicted molar refractivity (Wildman–Crippen MR) is 116 cm³/mol. The summed E-state index contributed by atoms with van der Waals surface area (Å²) in [6.07, 6.45) is 0. The molecule has 0 aliphatic heterocycles. The minimum absolute atomic E-state index is 0.0131. The molecule has 1 aromatic heterocycles. The van der Waals surface area contributed by atoms with E-state index in [0.717, 1.165) is 4.68 Å². The second-order valence-electron chi connectivity index (χ2n) is 6.49. The zero-order chi connectivity index (χ0) is 22.1. The first-order valence-corrected chi connectivity index (χ1v) is 11.1. The lowest BCUT2D eigenvalue weighted by atomic mass is 10.2. The van der Waals surface area contributed by atoms with Gasteiger partial charge in [0.1, 0.15) is 10.7 Å². The number of hydrogen-bond donors (Lipinski definition) is 1. The summed E-state index contributed by atoms with van der Waals surface area (Å²) in [5, 5.41) is 0.364. The van der Waals surface area contributed by atoms with E-state index in [9.17, 15) is 18.0 Å². The Kier molecular flexibility index (Phi) is 6.25. The molecule has 0 fully saturated rings. The van der Waals surface area contributed by atoms with Gasteiger partial charge in [-0.2, -0.15) is 4.31 Å². The van der Waals surface area contributed by atoms with Gasteiger partial charge in [0.05, 0.1) is 15.9 Å². The first-order chi connectivity index (χ1) is 14.2. The van der Waals surface area contributed by atoms with E-state index < -0.39 is 21.5 Å². The monoisotopic (exact) mass is 448 g/mol. The maximum atomic E-state index is 12.8. The molecule has 10 heteroatoms. The van der Waals surface area contributed by atoms with Crippen LogP contribution in [0.25, 0.3) is 10.9 Å². The molecule has 0 aliphatic carbocycles. The number of nitrogens with one attached hydrogen (secondary N) is 1. The number of benzene rings is 2. The number of nitrogens with zero attached hydrogens (tertiary/aromatic N) is 3. The van der Waals surface area contributed by atoms with E-state index in [1.165, 1.54) is 22.5 Å². The molecule has 3 aromatic rings. The number of fused-ring (bicyclic) bond motifs is 1. The topological polar surface area (TPSA) is 101 Å². The van der Waals surface area contributed by atoms with Gasteiger partial charge >= 0.3 is 0 Å². The molecule has 0 radical (unpaired) electrons. The third-order valence-electron chi connectivity index (χ3n) is 4.67. The Balaban J connectivity index is 2.02. The van der Waals surface area contributed by atoms with E-state index >= 15 is 0 Å². The van der Waals surface area contributed by atoms with E-state index in [0.29, 0.717) is 10.9 Å². The molecule has 0 aliphatic rings. The van der Waals surface area contributed by atoms with Crippen LogP contribution in [0.5, 0.6) is 0 Å². The maximum absolute atomic E-state index is 12.8. The number of aromatic nitrogens is 2. The van der Waals surface area contributed by atoms with Crippen LogP contribution in [0, 0.1) is 6.92 Å². The number of hydrogen-bond acceptors (Lipinski definition) is 5. The number of aryl methyl sites for hydroxylation is 1. The van der Waals surface area contributed by atoms with Gasteiger partial charge in [-0.15, -0.1) is 0 Å². The molecule has 158 valence electrons. The third kappa shape index (κ3) is 3.96. The Bertz CT molecular complexity index is 1280. The van der Waals surface area contributed by atoms with E-state index in [2.05, 4.69) is 10.4 Å². The van der Waals surface area contributed by atoms with Crippen molar-refractivity contribution in [2.24, 2.45) is 0 Å². The van der Waals surface area contributed by atoms with Gasteiger partial charge < -0.3 is 0 Å². The average molecular weight is 449 g/mol. The molecule has 1 amide bonds. The fourth-order valence-electron chi connectivity index (χ4n) is 3.09. The summed E-state index contributed by atoms with van der Waals surface area (Å²) < 4.78 is 28.0. The van der Waals surface area contributed by atoms with Crippen LogP contribution < -0.4 is 11.0 Å². The highest BCUT2D eigenvalue weighted by atomic mass is 35.5. The Labute approximate surface area is 179 Å². The molecule has 0 atom stereocenters. The molecule has 0 spiro atoms. The number of para-hydroxylation sites is 1. The minimum atomic E-state index is -3.87. The first-order valence-electron chi connectivity index (χ1n) is 9.30. The van der Waals surface area contributed by atoms with Gasteiger partial charge in [0, 0.05) is 18.7 Å². The lowest BCUT2D eigenvalue weighted by Crippen LogP contribution is -2.35. The normalized spacial score (nSPS) is 11.8. The SMILES string of the molecule is CCN(CC)S(=O)(=O)c1cc(C(=O)Nn2c(C)nc3ccccc3c2=O)ccc1Cl. The number of halogens is 1. The molecule has 30 heavy (non-hydrogen) atoms. The van der Waals surface area contributed by atoms with E-state index in [4.69, 9.17) is 11.6 Å².